The highest BCUT2D eigenvalue weighted by atomic mass is 19.1. The maximum absolute atomic E-state index is 13.9. The highest BCUT2D eigenvalue weighted by Crippen LogP contribution is 2.57. The SMILES string of the molecule is CC(C)(C)OC(=O)N1CC[C@@H]2[C@@H]1[C@]2(F)C(=O)O. The number of ether oxygens (including phenoxy) is 1. The molecular formula is C11H16FNO4. The Labute approximate surface area is 98.5 Å². The maximum Gasteiger partial charge on any atom is 0.410 e. The van der Waals surface area contributed by atoms with Crippen LogP contribution in [-0.2, 0) is 9.53 Å². The van der Waals surface area contributed by atoms with Gasteiger partial charge in [0.1, 0.15) is 5.60 Å². The Balaban J connectivity index is 2.06. The van der Waals surface area contributed by atoms with Gasteiger partial charge in [0.25, 0.3) is 0 Å². The smallest absolute Gasteiger partial charge is 0.410 e. The highest BCUT2D eigenvalue weighted by Gasteiger charge is 2.77. The van der Waals surface area contributed by atoms with Gasteiger partial charge in [-0.3, -0.25) is 0 Å². The molecule has 1 saturated heterocycles. The molecule has 0 spiro atoms. The molecule has 0 bridgehead atoms. The van der Waals surface area contributed by atoms with E-state index in [1.807, 2.05) is 0 Å². The zero-order chi connectivity index (χ0) is 13.0. The summed E-state index contributed by atoms with van der Waals surface area (Å²) in [5.74, 6) is -2.06. The summed E-state index contributed by atoms with van der Waals surface area (Å²) in [4.78, 5) is 23.7. The number of likely N-dealkylation sites (tertiary alicyclic amines) is 1. The first-order valence-electron chi connectivity index (χ1n) is 5.60. The Morgan fingerprint density at radius 3 is 2.47 bits per heavy atom. The van der Waals surface area contributed by atoms with Crippen LogP contribution in [0.25, 0.3) is 0 Å². The zero-order valence-corrected chi connectivity index (χ0v) is 10.1. The molecule has 0 aromatic heterocycles. The van der Waals surface area contributed by atoms with Gasteiger partial charge in [0.05, 0.1) is 6.04 Å². The third kappa shape index (κ3) is 1.75. The number of carbonyl (C=O) groups excluding carboxylic acids is 1. The molecule has 1 aliphatic heterocycles. The van der Waals surface area contributed by atoms with Crippen LogP contribution in [0.5, 0.6) is 0 Å². The van der Waals surface area contributed by atoms with Gasteiger partial charge in [-0.15, -0.1) is 0 Å². The van der Waals surface area contributed by atoms with Crippen LogP contribution in [0.1, 0.15) is 27.2 Å². The van der Waals surface area contributed by atoms with Crippen molar-refractivity contribution in [3.63, 3.8) is 0 Å². The number of halogens is 1. The number of nitrogens with zero attached hydrogens (tertiary/aromatic N) is 1. The minimum absolute atomic E-state index is 0.364. The number of amides is 1. The van der Waals surface area contributed by atoms with E-state index in [1.54, 1.807) is 20.8 Å². The molecule has 1 N–H and O–H groups in total. The fourth-order valence-corrected chi connectivity index (χ4v) is 2.45. The second-order valence-corrected chi connectivity index (χ2v) is 5.59. The number of piperidine rings is 1. The van der Waals surface area contributed by atoms with Crippen molar-refractivity contribution in [1.29, 1.82) is 0 Å². The summed E-state index contributed by atoms with van der Waals surface area (Å²) >= 11 is 0. The molecule has 2 fully saturated rings. The number of hydrogen-bond acceptors (Lipinski definition) is 3. The lowest BCUT2D eigenvalue weighted by atomic mass is 10.2. The van der Waals surface area contributed by atoms with Gasteiger partial charge in [-0.2, -0.15) is 0 Å². The topological polar surface area (TPSA) is 66.8 Å². The fourth-order valence-electron chi connectivity index (χ4n) is 2.45. The number of carboxylic acids is 1. The lowest BCUT2D eigenvalue weighted by Crippen LogP contribution is -2.42. The van der Waals surface area contributed by atoms with E-state index in [4.69, 9.17) is 9.84 Å². The van der Waals surface area contributed by atoms with Crippen molar-refractivity contribution in [2.45, 2.75) is 44.5 Å². The van der Waals surface area contributed by atoms with E-state index in [9.17, 15) is 14.0 Å². The van der Waals surface area contributed by atoms with E-state index in [0.717, 1.165) is 0 Å². The van der Waals surface area contributed by atoms with Crippen LogP contribution in [-0.4, -0.2) is 45.9 Å². The van der Waals surface area contributed by atoms with Crippen molar-refractivity contribution < 1.29 is 23.8 Å². The van der Waals surface area contributed by atoms with E-state index in [1.165, 1.54) is 4.90 Å². The van der Waals surface area contributed by atoms with Gasteiger partial charge in [0.15, 0.2) is 0 Å². The molecule has 1 aliphatic carbocycles. The first-order valence-corrected chi connectivity index (χ1v) is 5.60. The third-order valence-corrected chi connectivity index (χ3v) is 3.21. The van der Waals surface area contributed by atoms with Gasteiger partial charge in [-0.05, 0) is 27.2 Å². The average Bonchev–Trinajstić information content (AvgIpc) is 2.57. The molecule has 0 radical (unpaired) electrons. The third-order valence-electron chi connectivity index (χ3n) is 3.21. The Kier molecular flexibility index (Phi) is 2.38. The normalized spacial score (nSPS) is 35.4. The Morgan fingerprint density at radius 1 is 1.47 bits per heavy atom. The standard InChI is InChI=1S/C11H16FNO4/c1-10(2,3)17-9(16)13-5-4-6-7(13)11(6,12)8(14)15/h6-7H,4-5H2,1-3H3,(H,14,15)/t6-,7-,11+/m1/s1. The van der Waals surface area contributed by atoms with Crippen molar-refractivity contribution in [2.75, 3.05) is 6.54 Å². The van der Waals surface area contributed by atoms with Crippen LogP contribution in [0.4, 0.5) is 9.18 Å². The lowest BCUT2D eigenvalue weighted by molar-refractivity contribution is -0.146. The maximum atomic E-state index is 13.9. The van der Waals surface area contributed by atoms with Crippen molar-refractivity contribution in [1.82, 2.24) is 4.90 Å². The zero-order valence-electron chi connectivity index (χ0n) is 10.1. The van der Waals surface area contributed by atoms with E-state index < -0.39 is 35.3 Å². The van der Waals surface area contributed by atoms with E-state index in [0.29, 0.717) is 13.0 Å². The number of alkyl halides is 1. The van der Waals surface area contributed by atoms with Crippen LogP contribution in [0.15, 0.2) is 0 Å². The molecule has 1 amide bonds. The molecule has 3 atom stereocenters. The minimum atomic E-state index is -2.27. The molecule has 1 saturated carbocycles. The van der Waals surface area contributed by atoms with Crippen LogP contribution < -0.4 is 0 Å². The second kappa shape index (κ2) is 3.34. The Bertz CT molecular complexity index is 378. The Morgan fingerprint density at radius 2 is 2.06 bits per heavy atom. The number of carbonyl (C=O) groups is 2. The Hall–Kier alpha value is -1.33. The summed E-state index contributed by atoms with van der Waals surface area (Å²) in [7, 11) is 0. The van der Waals surface area contributed by atoms with Crippen LogP contribution in [0, 0.1) is 5.92 Å². The van der Waals surface area contributed by atoms with Crippen LogP contribution >= 0.6 is 0 Å². The summed E-state index contributed by atoms with van der Waals surface area (Å²) in [6.45, 7) is 5.50. The van der Waals surface area contributed by atoms with Crippen LogP contribution in [0.3, 0.4) is 0 Å². The van der Waals surface area contributed by atoms with E-state index in [-0.39, 0.29) is 0 Å². The molecule has 2 rings (SSSR count). The second-order valence-electron chi connectivity index (χ2n) is 5.59. The number of fused-ring (bicyclic) bond motifs is 1. The van der Waals surface area contributed by atoms with Crippen molar-refractivity contribution in [3.05, 3.63) is 0 Å². The summed E-state index contributed by atoms with van der Waals surface area (Å²) < 4.78 is 19.0. The van der Waals surface area contributed by atoms with Crippen LogP contribution in [0.2, 0.25) is 0 Å². The summed E-state index contributed by atoms with van der Waals surface area (Å²) in [5.41, 5.74) is -2.93. The average molecular weight is 245 g/mol. The molecule has 17 heavy (non-hydrogen) atoms. The summed E-state index contributed by atoms with van der Waals surface area (Å²) in [5, 5.41) is 8.80. The highest BCUT2D eigenvalue weighted by molar-refractivity contribution is 5.86. The van der Waals surface area contributed by atoms with Crippen molar-refractivity contribution in [2.24, 2.45) is 5.92 Å². The summed E-state index contributed by atoms with van der Waals surface area (Å²) in [6.07, 6.45) is -0.252. The first-order chi connectivity index (χ1) is 7.68. The molecule has 5 nitrogen and oxygen atoms in total. The van der Waals surface area contributed by atoms with E-state index in [2.05, 4.69) is 0 Å². The monoisotopic (exact) mass is 245 g/mol. The van der Waals surface area contributed by atoms with Gasteiger partial charge in [0, 0.05) is 12.5 Å². The molecular weight excluding hydrogens is 229 g/mol. The van der Waals surface area contributed by atoms with Crippen molar-refractivity contribution in [3.8, 4) is 0 Å². The number of hydrogen-bond donors (Lipinski definition) is 1. The number of rotatable bonds is 1. The van der Waals surface area contributed by atoms with Gasteiger partial charge in [-0.25, -0.2) is 14.0 Å². The fraction of sp³-hybridized carbons (Fsp3) is 0.818. The van der Waals surface area contributed by atoms with E-state index >= 15 is 0 Å². The largest absolute Gasteiger partial charge is 0.479 e. The number of aliphatic carboxylic acids is 1. The van der Waals surface area contributed by atoms with Gasteiger partial charge < -0.3 is 14.7 Å². The molecule has 2 aliphatic rings. The van der Waals surface area contributed by atoms with Crippen molar-refractivity contribution >= 4 is 12.1 Å². The molecule has 0 aromatic rings. The van der Waals surface area contributed by atoms with Gasteiger partial charge in [0.2, 0.25) is 5.67 Å². The molecule has 0 aromatic carbocycles. The minimum Gasteiger partial charge on any atom is -0.479 e. The lowest BCUT2D eigenvalue weighted by Gasteiger charge is -2.26. The quantitative estimate of drug-likeness (QED) is 0.758. The molecule has 96 valence electrons. The molecule has 1 heterocycles. The number of carboxylic acid groups (broad SMARTS) is 1. The van der Waals surface area contributed by atoms with Gasteiger partial charge in [-0.1, -0.05) is 0 Å². The molecule has 0 unspecified atom stereocenters. The molecule has 6 heteroatoms. The predicted molar refractivity (Wildman–Crippen MR) is 56.3 cm³/mol. The first kappa shape index (κ1) is 12.1. The predicted octanol–water partition coefficient (Wildman–Crippen LogP) is 1.42. The summed E-state index contributed by atoms with van der Waals surface area (Å²) in [6, 6.07) is -0.852. The van der Waals surface area contributed by atoms with Gasteiger partial charge >= 0.3 is 12.1 Å².